The standard InChI is InChI=1S/C16H13Cl3N2O4/c1-8-11(18)6-12(19)15(20-8)21-14(22)7-25-16(23)10-5-9(17)3-4-13(10)24-2/h3-6H,7H2,1-2H3,(H,20,21,22). The quantitative estimate of drug-likeness (QED) is 0.759. The van der Waals surface area contributed by atoms with Gasteiger partial charge in [-0.1, -0.05) is 34.8 Å². The molecule has 25 heavy (non-hydrogen) atoms. The van der Waals surface area contributed by atoms with Gasteiger partial charge in [0.05, 0.1) is 22.8 Å². The van der Waals surface area contributed by atoms with E-state index in [0.717, 1.165) is 0 Å². The zero-order valence-electron chi connectivity index (χ0n) is 13.2. The summed E-state index contributed by atoms with van der Waals surface area (Å²) >= 11 is 17.7. The highest BCUT2D eigenvalue weighted by atomic mass is 35.5. The first kappa shape index (κ1) is 19.3. The summed E-state index contributed by atoms with van der Waals surface area (Å²) in [5.74, 6) is -0.941. The van der Waals surface area contributed by atoms with Gasteiger partial charge < -0.3 is 14.8 Å². The summed E-state index contributed by atoms with van der Waals surface area (Å²) in [5.41, 5.74) is 0.614. The topological polar surface area (TPSA) is 77.5 Å². The number of carbonyl (C=O) groups excluding carboxylic acids is 2. The van der Waals surface area contributed by atoms with Crippen molar-refractivity contribution in [3.8, 4) is 5.75 Å². The van der Waals surface area contributed by atoms with E-state index in [1.165, 1.54) is 25.3 Å². The lowest BCUT2D eigenvalue weighted by molar-refractivity contribution is -0.119. The van der Waals surface area contributed by atoms with Gasteiger partial charge in [0.2, 0.25) is 0 Å². The van der Waals surface area contributed by atoms with Gasteiger partial charge in [-0.2, -0.15) is 0 Å². The number of aryl methyl sites for hydroxylation is 1. The van der Waals surface area contributed by atoms with Gasteiger partial charge in [-0.05, 0) is 31.2 Å². The third-order valence-electron chi connectivity index (χ3n) is 3.08. The molecule has 0 saturated heterocycles. The molecular weight excluding hydrogens is 391 g/mol. The van der Waals surface area contributed by atoms with Crippen LogP contribution < -0.4 is 10.1 Å². The minimum atomic E-state index is -0.749. The Morgan fingerprint density at radius 3 is 2.56 bits per heavy atom. The van der Waals surface area contributed by atoms with E-state index in [1.54, 1.807) is 13.0 Å². The van der Waals surface area contributed by atoms with Gasteiger partial charge >= 0.3 is 5.97 Å². The number of anilines is 1. The molecule has 2 aromatic rings. The highest BCUT2D eigenvalue weighted by molar-refractivity contribution is 6.36. The highest BCUT2D eigenvalue weighted by Crippen LogP contribution is 2.26. The first-order valence-corrected chi connectivity index (χ1v) is 8.08. The van der Waals surface area contributed by atoms with Crippen molar-refractivity contribution in [2.24, 2.45) is 0 Å². The number of halogens is 3. The van der Waals surface area contributed by atoms with Crippen LogP contribution in [0.4, 0.5) is 5.82 Å². The van der Waals surface area contributed by atoms with Crippen LogP contribution in [0, 0.1) is 6.92 Å². The molecule has 0 aliphatic rings. The Hall–Kier alpha value is -2.02. The first-order chi connectivity index (χ1) is 11.8. The maximum atomic E-state index is 12.1. The van der Waals surface area contributed by atoms with Crippen LogP contribution in [0.15, 0.2) is 24.3 Å². The van der Waals surface area contributed by atoms with Crippen molar-refractivity contribution in [2.45, 2.75) is 6.92 Å². The minimum Gasteiger partial charge on any atom is -0.496 e. The normalized spacial score (nSPS) is 10.3. The number of nitrogens with zero attached hydrogens (tertiary/aromatic N) is 1. The molecule has 132 valence electrons. The molecule has 1 N–H and O–H groups in total. The Labute approximate surface area is 159 Å². The molecule has 0 aliphatic heterocycles. The molecule has 0 saturated carbocycles. The third-order valence-corrected chi connectivity index (χ3v) is 3.98. The average molecular weight is 404 g/mol. The van der Waals surface area contributed by atoms with E-state index in [1.807, 2.05) is 0 Å². The number of benzene rings is 1. The van der Waals surface area contributed by atoms with E-state index in [9.17, 15) is 9.59 Å². The number of carbonyl (C=O) groups is 2. The zero-order valence-corrected chi connectivity index (χ0v) is 15.5. The Morgan fingerprint density at radius 1 is 1.16 bits per heavy atom. The van der Waals surface area contributed by atoms with E-state index < -0.39 is 18.5 Å². The fourth-order valence-electron chi connectivity index (χ4n) is 1.86. The zero-order chi connectivity index (χ0) is 18.6. The molecule has 1 heterocycles. The van der Waals surface area contributed by atoms with Crippen molar-refractivity contribution >= 4 is 52.5 Å². The summed E-state index contributed by atoms with van der Waals surface area (Å²) in [4.78, 5) is 28.1. The van der Waals surface area contributed by atoms with Gasteiger partial charge in [-0.3, -0.25) is 4.79 Å². The SMILES string of the molecule is COc1ccc(Cl)cc1C(=O)OCC(=O)Nc1nc(C)c(Cl)cc1Cl. The minimum absolute atomic E-state index is 0.112. The van der Waals surface area contributed by atoms with Gasteiger partial charge in [-0.25, -0.2) is 9.78 Å². The molecule has 0 radical (unpaired) electrons. The van der Waals surface area contributed by atoms with Crippen LogP contribution in [0.3, 0.4) is 0 Å². The average Bonchev–Trinajstić information content (AvgIpc) is 2.57. The Bertz CT molecular complexity index is 827. The van der Waals surface area contributed by atoms with Gasteiger partial charge in [0.1, 0.15) is 11.3 Å². The molecule has 0 fully saturated rings. The molecule has 0 aliphatic carbocycles. The maximum Gasteiger partial charge on any atom is 0.342 e. The Kier molecular flexibility index (Phi) is 6.47. The lowest BCUT2D eigenvalue weighted by atomic mass is 10.2. The molecule has 1 aromatic carbocycles. The summed E-state index contributed by atoms with van der Waals surface area (Å²) in [7, 11) is 1.41. The number of rotatable bonds is 5. The molecule has 1 amide bonds. The van der Waals surface area contributed by atoms with Gasteiger partial charge in [0, 0.05) is 5.02 Å². The van der Waals surface area contributed by atoms with Crippen LogP contribution in [0.1, 0.15) is 16.1 Å². The number of esters is 1. The Morgan fingerprint density at radius 2 is 1.88 bits per heavy atom. The number of nitrogens with one attached hydrogen (secondary N) is 1. The number of hydrogen-bond donors (Lipinski definition) is 1. The van der Waals surface area contributed by atoms with Crippen molar-refractivity contribution in [1.29, 1.82) is 0 Å². The van der Waals surface area contributed by atoms with Crippen LogP contribution in [-0.4, -0.2) is 30.6 Å². The number of aromatic nitrogens is 1. The van der Waals surface area contributed by atoms with Crippen LogP contribution in [0.2, 0.25) is 15.1 Å². The second kappa shape index (κ2) is 8.38. The predicted octanol–water partition coefficient (Wildman–Crippen LogP) is 4.15. The molecule has 9 heteroatoms. The molecule has 2 rings (SSSR count). The number of pyridine rings is 1. The van der Waals surface area contributed by atoms with Crippen LogP contribution in [0.25, 0.3) is 0 Å². The number of methoxy groups -OCH3 is 1. The van der Waals surface area contributed by atoms with E-state index in [0.29, 0.717) is 15.7 Å². The van der Waals surface area contributed by atoms with E-state index in [2.05, 4.69) is 10.3 Å². The van der Waals surface area contributed by atoms with Gasteiger partial charge in [0.15, 0.2) is 12.4 Å². The fourth-order valence-corrected chi connectivity index (χ4v) is 2.44. The smallest absolute Gasteiger partial charge is 0.342 e. The molecular formula is C16H13Cl3N2O4. The van der Waals surface area contributed by atoms with Crippen molar-refractivity contribution in [3.63, 3.8) is 0 Å². The monoisotopic (exact) mass is 402 g/mol. The summed E-state index contributed by atoms with van der Waals surface area (Å²) in [6, 6.07) is 5.95. The van der Waals surface area contributed by atoms with Crippen molar-refractivity contribution in [3.05, 3.63) is 50.6 Å². The fraction of sp³-hybridized carbons (Fsp3) is 0.188. The van der Waals surface area contributed by atoms with E-state index in [4.69, 9.17) is 44.3 Å². The number of hydrogen-bond acceptors (Lipinski definition) is 5. The van der Waals surface area contributed by atoms with Crippen molar-refractivity contribution < 1.29 is 19.1 Å². The molecule has 0 bridgehead atoms. The van der Waals surface area contributed by atoms with Crippen molar-refractivity contribution in [2.75, 3.05) is 19.0 Å². The largest absolute Gasteiger partial charge is 0.496 e. The predicted molar refractivity (Wildman–Crippen MR) is 95.9 cm³/mol. The molecule has 1 aromatic heterocycles. The Balaban J connectivity index is 2.02. The molecule has 0 unspecified atom stereocenters. The summed E-state index contributed by atoms with van der Waals surface area (Å²) in [6.45, 7) is 1.13. The first-order valence-electron chi connectivity index (χ1n) is 6.95. The number of amides is 1. The molecule has 6 nitrogen and oxygen atoms in total. The second-order valence-electron chi connectivity index (χ2n) is 4.85. The van der Waals surface area contributed by atoms with Crippen molar-refractivity contribution in [1.82, 2.24) is 4.98 Å². The second-order valence-corrected chi connectivity index (χ2v) is 6.11. The van der Waals surface area contributed by atoms with Crippen LogP contribution in [0.5, 0.6) is 5.75 Å². The number of ether oxygens (including phenoxy) is 2. The van der Waals surface area contributed by atoms with Gasteiger partial charge in [0.25, 0.3) is 5.91 Å². The summed E-state index contributed by atoms with van der Waals surface area (Å²) in [6.07, 6.45) is 0. The lowest BCUT2D eigenvalue weighted by Gasteiger charge is -2.10. The van der Waals surface area contributed by atoms with E-state index in [-0.39, 0.29) is 22.2 Å². The van der Waals surface area contributed by atoms with Crippen LogP contribution >= 0.6 is 34.8 Å². The summed E-state index contributed by atoms with van der Waals surface area (Å²) in [5, 5.41) is 3.34. The lowest BCUT2D eigenvalue weighted by Crippen LogP contribution is -2.22. The molecule has 0 spiro atoms. The molecule has 0 atom stereocenters. The van der Waals surface area contributed by atoms with E-state index >= 15 is 0 Å². The summed E-state index contributed by atoms with van der Waals surface area (Å²) < 4.78 is 10.0. The highest BCUT2D eigenvalue weighted by Gasteiger charge is 2.17. The van der Waals surface area contributed by atoms with Crippen LogP contribution in [-0.2, 0) is 9.53 Å². The maximum absolute atomic E-state index is 12.1. The van der Waals surface area contributed by atoms with Gasteiger partial charge in [-0.15, -0.1) is 0 Å². The third kappa shape index (κ3) is 4.98.